The van der Waals surface area contributed by atoms with E-state index in [0.29, 0.717) is 23.4 Å². The first kappa shape index (κ1) is 18.9. The number of nitrogens with one attached hydrogen (secondary N) is 2. The van der Waals surface area contributed by atoms with Gasteiger partial charge in [-0.1, -0.05) is 0 Å². The van der Waals surface area contributed by atoms with Crippen molar-refractivity contribution in [2.75, 3.05) is 23.9 Å². The number of hydrogen-bond acceptors (Lipinski definition) is 4. The number of amides is 1. The standard InChI is InChI=1S/C20H17F3N4O2/c1-29-14-5-12(21)4-13(6-14)26-18-2-3-27(20(18)28)19-8-16(22)15(7-17(19)23)11-9-24-25-10-11/h4-10,18,26H,2-3H2,1H3,(H,24,25). The number of carbonyl (C=O) groups is 1. The third-order valence-corrected chi connectivity index (χ3v) is 4.79. The maximum atomic E-state index is 14.7. The minimum atomic E-state index is -0.718. The zero-order valence-electron chi connectivity index (χ0n) is 15.4. The van der Waals surface area contributed by atoms with Crippen molar-refractivity contribution in [3.8, 4) is 16.9 Å². The lowest BCUT2D eigenvalue weighted by atomic mass is 10.1. The molecule has 0 saturated carbocycles. The van der Waals surface area contributed by atoms with Crippen LogP contribution in [0.25, 0.3) is 11.1 Å². The smallest absolute Gasteiger partial charge is 0.249 e. The fraction of sp³-hybridized carbons (Fsp3) is 0.200. The second kappa shape index (κ2) is 7.50. The highest BCUT2D eigenvalue weighted by atomic mass is 19.1. The molecular formula is C20H17F3N4O2. The van der Waals surface area contributed by atoms with Gasteiger partial charge in [0.25, 0.3) is 0 Å². The van der Waals surface area contributed by atoms with Crippen LogP contribution in [-0.4, -0.2) is 35.8 Å². The molecule has 150 valence electrons. The lowest BCUT2D eigenvalue weighted by molar-refractivity contribution is -0.117. The van der Waals surface area contributed by atoms with Crippen molar-refractivity contribution in [2.45, 2.75) is 12.5 Å². The zero-order chi connectivity index (χ0) is 20.5. The summed E-state index contributed by atoms with van der Waals surface area (Å²) in [5, 5.41) is 9.21. The Labute approximate surface area is 164 Å². The van der Waals surface area contributed by atoms with E-state index in [1.165, 1.54) is 36.5 Å². The Kier molecular flexibility index (Phi) is 4.87. The molecule has 2 aromatic carbocycles. The fourth-order valence-electron chi connectivity index (χ4n) is 3.38. The van der Waals surface area contributed by atoms with Gasteiger partial charge >= 0.3 is 0 Å². The maximum absolute atomic E-state index is 14.7. The van der Waals surface area contributed by atoms with Crippen molar-refractivity contribution in [1.29, 1.82) is 0 Å². The normalized spacial score (nSPS) is 16.3. The van der Waals surface area contributed by atoms with Gasteiger partial charge in [0.2, 0.25) is 5.91 Å². The quantitative estimate of drug-likeness (QED) is 0.683. The first-order valence-corrected chi connectivity index (χ1v) is 8.87. The van der Waals surface area contributed by atoms with E-state index in [1.807, 2.05) is 0 Å². The molecule has 29 heavy (non-hydrogen) atoms. The van der Waals surface area contributed by atoms with Crippen molar-refractivity contribution in [3.63, 3.8) is 0 Å². The first-order chi connectivity index (χ1) is 14.0. The predicted molar refractivity (Wildman–Crippen MR) is 101 cm³/mol. The van der Waals surface area contributed by atoms with Crippen LogP contribution in [0.3, 0.4) is 0 Å². The van der Waals surface area contributed by atoms with Crippen LogP contribution in [0.1, 0.15) is 6.42 Å². The molecule has 0 radical (unpaired) electrons. The monoisotopic (exact) mass is 402 g/mol. The van der Waals surface area contributed by atoms with Crippen LogP contribution in [-0.2, 0) is 4.79 Å². The van der Waals surface area contributed by atoms with Gasteiger partial charge in [-0.05, 0) is 18.6 Å². The van der Waals surface area contributed by atoms with Gasteiger partial charge in [-0.25, -0.2) is 13.2 Å². The third-order valence-electron chi connectivity index (χ3n) is 4.79. The number of H-pyrrole nitrogens is 1. The lowest BCUT2D eigenvalue weighted by Gasteiger charge is -2.19. The minimum absolute atomic E-state index is 0.0492. The molecule has 1 atom stereocenters. The molecule has 0 spiro atoms. The van der Waals surface area contributed by atoms with E-state index in [2.05, 4.69) is 15.5 Å². The highest BCUT2D eigenvalue weighted by Crippen LogP contribution is 2.32. The van der Waals surface area contributed by atoms with E-state index in [9.17, 15) is 18.0 Å². The number of hydrogen-bond donors (Lipinski definition) is 2. The van der Waals surface area contributed by atoms with E-state index in [1.54, 1.807) is 6.07 Å². The Hall–Kier alpha value is -3.49. The minimum Gasteiger partial charge on any atom is -0.497 e. The molecule has 1 fully saturated rings. The summed E-state index contributed by atoms with van der Waals surface area (Å²) < 4.78 is 47.9. The Bertz CT molecular complexity index is 1060. The van der Waals surface area contributed by atoms with Gasteiger partial charge in [-0.15, -0.1) is 0 Å². The number of anilines is 2. The van der Waals surface area contributed by atoms with Crippen molar-refractivity contribution in [1.82, 2.24) is 10.2 Å². The Morgan fingerprint density at radius 2 is 2.00 bits per heavy atom. The van der Waals surface area contributed by atoms with Crippen LogP contribution in [0.4, 0.5) is 24.5 Å². The second-order valence-corrected chi connectivity index (χ2v) is 6.63. The summed E-state index contributed by atoms with van der Waals surface area (Å²) in [5.41, 5.74) is 0.679. The number of methoxy groups -OCH3 is 1. The van der Waals surface area contributed by atoms with E-state index in [4.69, 9.17) is 4.74 Å². The van der Waals surface area contributed by atoms with Crippen molar-refractivity contribution < 1.29 is 22.7 Å². The maximum Gasteiger partial charge on any atom is 0.249 e. The molecule has 1 unspecified atom stereocenters. The van der Waals surface area contributed by atoms with Crippen molar-refractivity contribution in [3.05, 3.63) is 60.2 Å². The molecule has 2 heterocycles. The Morgan fingerprint density at radius 3 is 2.72 bits per heavy atom. The van der Waals surface area contributed by atoms with E-state index < -0.39 is 29.4 Å². The molecule has 1 aliphatic heterocycles. The average molecular weight is 402 g/mol. The van der Waals surface area contributed by atoms with E-state index >= 15 is 0 Å². The molecule has 9 heteroatoms. The molecule has 3 aromatic rings. The van der Waals surface area contributed by atoms with Gasteiger partial charge in [-0.3, -0.25) is 9.89 Å². The van der Waals surface area contributed by atoms with Crippen molar-refractivity contribution in [2.24, 2.45) is 0 Å². The molecular weight excluding hydrogens is 385 g/mol. The summed E-state index contributed by atoms with van der Waals surface area (Å²) in [6.45, 7) is 0.199. The lowest BCUT2D eigenvalue weighted by Crippen LogP contribution is -2.34. The van der Waals surface area contributed by atoms with Crippen LogP contribution in [0.15, 0.2) is 42.7 Å². The SMILES string of the molecule is COc1cc(F)cc(NC2CCN(c3cc(F)c(-c4cn[nH]c4)cc3F)C2=O)c1. The number of aromatic nitrogens is 2. The van der Waals surface area contributed by atoms with Crippen LogP contribution in [0, 0.1) is 17.5 Å². The predicted octanol–water partition coefficient (Wildman–Crippen LogP) is 3.72. The fourth-order valence-corrected chi connectivity index (χ4v) is 3.38. The number of carbonyl (C=O) groups excluding carboxylic acids is 1. The van der Waals surface area contributed by atoms with E-state index in [-0.39, 0.29) is 17.8 Å². The van der Waals surface area contributed by atoms with Gasteiger partial charge in [0.1, 0.15) is 29.2 Å². The molecule has 1 saturated heterocycles. The number of halogens is 3. The van der Waals surface area contributed by atoms with Gasteiger partial charge in [0, 0.05) is 47.8 Å². The molecule has 1 aliphatic rings. The number of nitrogens with zero attached hydrogens (tertiary/aromatic N) is 2. The molecule has 0 aliphatic carbocycles. The molecule has 1 amide bonds. The van der Waals surface area contributed by atoms with Crippen LogP contribution in [0.5, 0.6) is 5.75 Å². The van der Waals surface area contributed by atoms with Gasteiger partial charge in [0.05, 0.1) is 19.0 Å². The van der Waals surface area contributed by atoms with Gasteiger partial charge in [-0.2, -0.15) is 5.10 Å². The van der Waals surface area contributed by atoms with Crippen LogP contribution >= 0.6 is 0 Å². The first-order valence-electron chi connectivity index (χ1n) is 8.87. The van der Waals surface area contributed by atoms with Crippen molar-refractivity contribution >= 4 is 17.3 Å². The number of benzene rings is 2. The summed E-state index contributed by atoms with van der Waals surface area (Å²) in [6, 6.07) is 5.35. The second-order valence-electron chi connectivity index (χ2n) is 6.63. The van der Waals surface area contributed by atoms with Gasteiger partial charge in [0.15, 0.2) is 0 Å². The highest BCUT2D eigenvalue weighted by molar-refractivity contribution is 6.01. The molecule has 0 bridgehead atoms. The number of ether oxygens (including phenoxy) is 1. The van der Waals surface area contributed by atoms with E-state index in [0.717, 1.165) is 12.1 Å². The topological polar surface area (TPSA) is 70.2 Å². The summed E-state index contributed by atoms with van der Waals surface area (Å²) >= 11 is 0. The summed E-state index contributed by atoms with van der Waals surface area (Å²) in [6.07, 6.45) is 3.18. The zero-order valence-corrected chi connectivity index (χ0v) is 15.4. The Morgan fingerprint density at radius 1 is 1.17 bits per heavy atom. The molecule has 4 rings (SSSR count). The summed E-state index contributed by atoms with van der Waals surface area (Å²) in [4.78, 5) is 13.9. The third kappa shape index (κ3) is 3.63. The Balaban J connectivity index is 1.56. The highest BCUT2D eigenvalue weighted by Gasteiger charge is 2.34. The molecule has 2 N–H and O–H groups in total. The number of rotatable bonds is 5. The summed E-state index contributed by atoms with van der Waals surface area (Å²) in [7, 11) is 1.41. The van der Waals surface area contributed by atoms with Gasteiger partial charge < -0.3 is 15.0 Å². The number of aromatic amines is 1. The van der Waals surface area contributed by atoms with Crippen LogP contribution in [0.2, 0.25) is 0 Å². The molecule has 6 nitrogen and oxygen atoms in total. The largest absolute Gasteiger partial charge is 0.497 e. The summed E-state index contributed by atoms with van der Waals surface area (Å²) in [5.74, 6) is -2.02. The average Bonchev–Trinajstić information content (AvgIpc) is 3.34. The van der Waals surface area contributed by atoms with Crippen LogP contribution < -0.4 is 15.0 Å². The molecule has 1 aromatic heterocycles.